The topological polar surface area (TPSA) is 84.9 Å². The van der Waals surface area contributed by atoms with Gasteiger partial charge in [-0.2, -0.15) is 0 Å². The monoisotopic (exact) mass is 385 g/mol. The maximum Gasteiger partial charge on any atom is 0.306 e. The van der Waals surface area contributed by atoms with E-state index >= 15 is 0 Å². The van der Waals surface area contributed by atoms with Gasteiger partial charge in [0.05, 0.1) is 26.2 Å². The predicted octanol–water partition coefficient (Wildman–Crippen LogP) is 3.39. The molecule has 0 heterocycles. The maximum absolute atomic E-state index is 12.8. The molecule has 1 amide bonds. The molecular weight excluding hydrogens is 358 g/mol. The molecule has 2 aromatic carbocycles. The van der Waals surface area contributed by atoms with Crippen molar-refractivity contribution in [2.24, 2.45) is 5.92 Å². The van der Waals surface area contributed by atoms with Crippen molar-refractivity contribution in [2.45, 2.75) is 32.2 Å². The number of benzene rings is 2. The summed E-state index contributed by atoms with van der Waals surface area (Å²) < 4.78 is 10.4. The van der Waals surface area contributed by atoms with Crippen LogP contribution in [0.5, 0.6) is 11.5 Å². The van der Waals surface area contributed by atoms with Gasteiger partial charge in [-0.25, -0.2) is 0 Å². The highest BCUT2D eigenvalue weighted by atomic mass is 16.5. The van der Waals surface area contributed by atoms with Gasteiger partial charge in [-0.15, -0.1) is 0 Å². The normalized spacial score (nSPS) is 13.9. The van der Waals surface area contributed by atoms with E-state index in [1.54, 1.807) is 45.4 Å². The Kier molecular flexibility index (Phi) is 7.04. The molecule has 0 radical (unpaired) electrons. The molecule has 0 aromatic heterocycles. The van der Waals surface area contributed by atoms with Crippen LogP contribution >= 0.6 is 0 Å². The van der Waals surface area contributed by atoms with Crippen molar-refractivity contribution < 1.29 is 24.2 Å². The molecule has 150 valence electrons. The molecule has 0 fully saturated rings. The second-order valence-corrected chi connectivity index (χ2v) is 7.08. The lowest BCUT2D eigenvalue weighted by Gasteiger charge is -2.31. The van der Waals surface area contributed by atoms with Crippen molar-refractivity contribution in [3.05, 3.63) is 59.7 Å². The summed E-state index contributed by atoms with van der Waals surface area (Å²) in [6.07, 6.45) is 0.304. The molecule has 2 N–H and O–H groups in total. The molecule has 0 saturated carbocycles. The Bertz CT molecular complexity index is 818. The van der Waals surface area contributed by atoms with Gasteiger partial charge in [0.25, 0.3) is 0 Å². The largest absolute Gasteiger partial charge is 0.497 e. The van der Waals surface area contributed by atoms with Crippen LogP contribution in [-0.4, -0.2) is 31.2 Å². The van der Waals surface area contributed by atoms with Gasteiger partial charge in [-0.3, -0.25) is 9.59 Å². The quantitative estimate of drug-likeness (QED) is 0.691. The summed E-state index contributed by atoms with van der Waals surface area (Å²) in [4.78, 5) is 24.3. The molecule has 28 heavy (non-hydrogen) atoms. The van der Waals surface area contributed by atoms with E-state index in [-0.39, 0.29) is 18.2 Å². The lowest BCUT2D eigenvalue weighted by molar-refractivity contribution is -0.139. The zero-order valence-electron chi connectivity index (χ0n) is 16.7. The molecule has 0 aliphatic heterocycles. The van der Waals surface area contributed by atoms with Gasteiger partial charge in [-0.05, 0) is 48.7 Å². The molecule has 6 nitrogen and oxygen atoms in total. The highest BCUT2D eigenvalue weighted by Gasteiger charge is 2.33. The number of hydrogen-bond donors (Lipinski definition) is 2. The average molecular weight is 385 g/mol. The van der Waals surface area contributed by atoms with E-state index in [4.69, 9.17) is 9.47 Å². The summed E-state index contributed by atoms with van der Waals surface area (Å²) in [7, 11) is 3.15. The number of hydrogen-bond acceptors (Lipinski definition) is 4. The van der Waals surface area contributed by atoms with Crippen LogP contribution in [0, 0.1) is 5.92 Å². The number of carboxylic acids is 1. The lowest BCUT2D eigenvalue weighted by atomic mass is 9.87. The number of carboxylic acid groups (broad SMARTS) is 1. The second-order valence-electron chi connectivity index (χ2n) is 7.08. The first-order chi connectivity index (χ1) is 13.3. The van der Waals surface area contributed by atoms with Crippen molar-refractivity contribution in [1.29, 1.82) is 0 Å². The van der Waals surface area contributed by atoms with E-state index in [9.17, 15) is 14.7 Å². The SMILES string of the molecule is COc1ccc(CC(C)C(=O)NC(C)(CC(=O)O)c2cccc(OC)c2)cc1. The Balaban J connectivity index is 2.17. The summed E-state index contributed by atoms with van der Waals surface area (Å²) in [6, 6.07) is 14.6. The highest BCUT2D eigenvalue weighted by Crippen LogP contribution is 2.28. The molecule has 6 heteroatoms. The minimum atomic E-state index is -1.05. The molecule has 2 unspecified atom stereocenters. The van der Waals surface area contributed by atoms with Crippen molar-refractivity contribution in [1.82, 2.24) is 5.32 Å². The number of carbonyl (C=O) groups is 2. The summed E-state index contributed by atoms with van der Waals surface area (Å²) in [5.74, 6) is -0.162. The van der Waals surface area contributed by atoms with Gasteiger partial charge in [0.15, 0.2) is 0 Å². The first-order valence-corrected chi connectivity index (χ1v) is 9.08. The van der Waals surface area contributed by atoms with Gasteiger partial charge in [0.2, 0.25) is 5.91 Å². The summed E-state index contributed by atoms with van der Waals surface area (Å²) in [5, 5.41) is 12.3. The van der Waals surface area contributed by atoms with E-state index in [1.807, 2.05) is 31.2 Å². The van der Waals surface area contributed by atoms with Crippen LogP contribution in [0.4, 0.5) is 0 Å². The maximum atomic E-state index is 12.8. The summed E-state index contributed by atoms with van der Waals surface area (Å²) in [5.41, 5.74) is 0.634. The number of nitrogens with one attached hydrogen (secondary N) is 1. The molecule has 2 atom stereocenters. The van der Waals surface area contributed by atoms with Crippen LogP contribution in [0.1, 0.15) is 31.4 Å². The standard InChI is InChI=1S/C22H27NO5/c1-15(12-16-8-10-18(27-3)11-9-16)21(26)23-22(2,14-20(24)25)17-6-5-7-19(13-17)28-4/h5-11,13,15H,12,14H2,1-4H3,(H,23,26)(H,24,25). The molecule has 0 spiro atoms. The molecule has 2 rings (SSSR count). The lowest BCUT2D eigenvalue weighted by Crippen LogP contribution is -2.47. The summed E-state index contributed by atoms with van der Waals surface area (Å²) >= 11 is 0. The van der Waals surface area contributed by atoms with E-state index in [0.29, 0.717) is 17.7 Å². The number of rotatable bonds is 9. The first kappa shape index (κ1) is 21.3. The van der Waals surface area contributed by atoms with Crippen LogP contribution in [0.25, 0.3) is 0 Å². The average Bonchev–Trinajstić information content (AvgIpc) is 2.67. The van der Waals surface area contributed by atoms with Crippen LogP contribution in [-0.2, 0) is 21.5 Å². The molecule has 2 aromatic rings. The zero-order chi connectivity index (χ0) is 20.7. The number of aliphatic carboxylic acids is 1. The summed E-state index contributed by atoms with van der Waals surface area (Å²) in [6.45, 7) is 3.54. The van der Waals surface area contributed by atoms with E-state index in [2.05, 4.69) is 5.32 Å². The first-order valence-electron chi connectivity index (χ1n) is 9.08. The Labute approximate surface area is 165 Å². The minimum absolute atomic E-state index is 0.206. The van der Waals surface area contributed by atoms with Crippen LogP contribution in [0.3, 0.4) is 0 Å². The van der Waals surface area contributed by atoms with Crippen molar-refractivity contribution in [3.8, 4) is 11.5 Å². The molecule has 0 aliphatic carbocycles. The van der Waals surface area contributed by atoms with Gasteiger partial charge in [-0.1, -0.05) is 31.2 Å². The van der Waals surface area contributed by atoms with Gasteiger partial charge in [0.1, 0.15) is 11.5 Å². The molecular formula is C22H27NO5. The smallest absolute Gasteiger partial charge is 0.306 e. The molecule has 0 saturated heterocycles. The van der Waals surface area contributed by atoms with Crippen LogP contribution in [0.15, 0.2) is 48.5 Å². The third-order valence-corrected chi connectivity index (χ3v) is 4.76. The van der Waals surface area contributed by atoms with Crippen molar-refractivity contribution in [2.75, 3.05) is 14.2 Å². The predicted molar refractivity (Wildman–Crippen MR) is 107 cm³/mol. The fourth-order valence-electron chi connectivity index (χ4n) is 3.09. The third kappa shape index (κ3) is 5.49. The molecule has 0 bridgehead atoms. The second kappa shape index (κ2) is 9.26. The highest BCUT2D eigenvalue weighted by molar-refractivity contribution is 5.81. The number of carbonyl (C=O) groups excluding carboxylic acids is 1. The van der Waals surface area contributed by atoms with E-state index < -0.39 is 11.5 Å². The van der Waals surface area contributed by atoms with Crippen molar-refractivity contribution >= 4 is 11.9 Å². The van der Waals surface area contributed by atoms with E-state index in [1.165, 1.54) is 0 Å². The Morgan fingerprint density at radius 1 is 1.07 bits per heavy atom. The fraction of sp³-hybridized carbons (Fsp3) is 0.364. The van der Waals surface area contributed by atoms with Crippen LogP contribution < -0.4 is 14.8 Å². The number of ether oxygens (including phenoxy) is 2. The number of methoxy groups -OCH3 is 2. The van der Waals surface area contributed by atoms with Crippen molar-refractivity contribution in [3.63, 3.8) is 0 Å². The third-order valence-electron chi connectivity index (χ3n) is 4.76. The van der Waals surface area contributed by atoms with Gasteiger partial charge >= 0.3 is 5.97 Å². The van der Waals surface area contributed by atoms with Gasteiger partial charge < -0.3 is 19.9 Å². The zero-order valence-corrected chi connectivity index (χ0v) is 16.7. The Morgan fingerprint density at radius 2 is 1.71 bits per heavy atom. The Morgan fingerprint density at radius 3 is 2.29 bits per heavy atom. The van der Waals surface area contributed by atoms with E-state index in [0.717, 1.165) is 11.3 Å². The molecule has 0 aliphatic rings. The fourth-order valence-corrected chi connectivity index (χ4v) is 3.09. The number of amides is 1. The van der Waals surface area contributed by atoms with Crippen LogP contribution in [0.2, 0.25) is 0 Å². The Hall–Kier alpha value is -3.02. The van der Waals surface area contributed by atoms with Gasteiger partial charge in [0, 0.05) is 5.92 Å². The minimum Gasteiger partial charge on any atom is -0.497 e.